The summed E-state index contributed by atoms with van der Waals surface area (Å²) in [5, 5.41) is 14.1. The Morgan fingerprint density at radius 3 is 2.50 bits per heavy atom. The lowest BCUT2D eigenvalue weighted by molar-refractivity contribution is -0.137. The Kier molecular flexibility index (Phi) is 6.59. The number of nitrogen functional groups attached to an aromatic ring is 1. The number of carbonyl (C=O) groups is 1. The van der Waals surface area contributed by atoms with Crippen LogP contribution in [0.25, 0.3) is 16.8 Å². The first-order valence-electron chi connectivity index (χ1n) is 12.0. The molecule has 12 heteroatoms. The minimum Gasteiger partial charge on any atom is -0.382 e. The number of alkyl halides is 3. The summed E-state index contributed by atoms with van der Waals surface area (Å²) in [5.41, 5.74) is 7.56. The van der Waals surface area contributed by atoms with Gasteiger partial charge in [-0.25, -0.2) is 15.0 Å². The van der Waals surface area contributed by atoms with Gasteiger partial charge in [-0.1, -0.05) is 12.1 Å². The Labute approximate surface area is 215 Å². The number of amides is 1. The number of hydrogen-bond acceptors (Lipinski definition) is 7. The van der Waals surface area contributed by atoms with E-state index >= 15 is 0 Å². The van der Waals surface area contributed by atoms with Gasteiger partial charge in [-0.2, -0.15) is 18.4 Å². The number of nitrogens with one attached hydrogen (secondary N) is 2. The highest BCUT2D eigenvalue weighted by atomic mass is 19.4. The Balaban J connectivity index is 1.40. The van der Waals surface area contributed by atoms with Crippen molar-refractivity contribution in [2.45, 2.75) is 43.8 Å². The number of nitrogens with zero attached hydrogens (tertiary/aromatic N) is 5. The van der Waals surface area contributed by atoms with Gasteiger partial charge < -0.3 is 16.4 Å². The molecular weight excluding hydrogens is 497 g/mol. The molecule has 0 bridgehead atoms. The number of rotatable bonds is 5. The van der Waals surface area contributed by atoms with Crippen molar-refractivity contribution in [1.82, 2.24) is 24.7 Å². The fourth-order valence-electron chi connectivity index (χ4n) is 4.81. The number of imidazole rings is 1. The first-order chi connectivity index (χ1) is 18.2. The molecule has 1 saturated carbocycles. The van der Waals surface area contributed by atoms with E-state index in [1.165, 1.54) is 0 Å². The van der Waals surface area contributed by atoms with E-state index in [1.807, 2.05) is 16.8 Å². The Morgan fingerprint density at radius 2 is 1.82 bits per heavy atom. The number of pyridine rings is 1. The second kappa shape index (κ2) is 10.0. The van der Waals surface area contributed by atoms with Crippen LogP contribution in [0.15, 0.2) is 55.0 Å². The summed E-state index contributed by atoms with van der Waals surface area (Å²) < 4.78 is 40.8. The third-order valence-corrected chi connectivity index (χ3v) is 6.72. The standard InChI is InChI=1S/C26H23F3N8O/c27-26(28,29)18-9-10-32-20(13-18)35-25(38)17-3-1-15(2-4-17)21-22-23(31)33-11-12-37(22)24(36-21)16-5-7-19(8-6-16)34-14-30/h1-4,9-13,16,19,34H,5-8H2,(H2,31,33)(H,32,35,38). The molecule has 0 spiro atoms. The van der Waals surface area contributed by atoms with Crippen molar-refractivity contribution < 1.29 is 18.0 Å². The fourth-order valence-corrected chi connectivity index (χ4v) is 4.81. The maximum absolute atomic E-state index is 13.0. The molecule has 0 unspecified atom stereocenters. The number of nitrogens with two attached hydrogens (primary N) is 1. The summed E-state index contributed by atoms with van der Waals surface area (Å²) in [7, 11) is 0. The zero-order chi connectivity index (χ0) is 26.9. The Hall–Kier alpha value is -4.66. The van der Waals surface area contributed by atoms with Crippen LogP contribution >= 0.6 is 0 Å². The average Bonchev–Trinajstić information content (AvgIpc) is 3.30. The van der Waals surface area contributed by atoms with Crippen LogP contribution in [-0.2, 0) is 6.18 Å². The number of nitriles is 1. The maximum Gasteiger partial charge on any atom is 0.416 e. The van der Waals surface area contributed by atoms with Crippen molar-refractivity contribution in [2.24, 2.45) is 0 Å². The molecule has 38 heavy (non-hydrogen) atoms. The van der Waals surface area contributed by atoms with Crippen LogP contribution in [0.5, 0.6) is 0 Å². The number of halogens is 3. The first kappa shape index (κ1) is 25.0. The van der Waals surface area contributed by atoms with Gasteiger partial charge >= 0.3 is 6.18 Å². The minimum atomic E-state index is -4.54. The molecule has 194 valence electrons. The van der Waals surface area contributed by atoms with E-state index in [9.17, 15) is 18.0 Å². The van der Waals surface area contributed by atoms with Crippen molar-refractivity contribution in [3.05, 3.63) is 71.9 Å². The lowest BCUT2D eigenvalue weighted by atomic mass is 9.85. The lowest BCUT2D eigenvalue weighted by Crippen LogP contribution is -2.29. The summed E-state index contributed by atoms with van der Waals surface area (Å²) in [6.45, 7) is 0. The van der Waals surface area contributed by atoms with Crippen molar-refractivity contribution in [1.29, 1.82) is 5.26 Å². The van der Waals surface area contributed by atoms with Gasteiger partial charge in [-0.05, 0) is 49.9 Å². The maximum atomic E-state index is 13.0. The van der Waals surface area contributed by atoms with E-state index in [1.54, 1.807) is 30.5 Å². The fraction of sp³-hybridized carbons (Fsp3) is 0.269. The van der Waals surface area contributed by atoms with Gasteiger partial charge in [0.1, 0.15) is 28.7 Å². The van der Waals surface area contributed by atoms with E-state index in [0.29, 0.717) is 22.6 Å². The Morgan fingerprint density at radius 1 is 1.08 bits per heavy atom. The molecule has 1 aliphatic carbocycles. The highest BCUT2D eigenvalue weighted by Gasteiger charge is 2.31. The molecule has 3 heterocycles. The van der Waals surface area contributed by atoms with E-state index in [0.717, 1.165) is 49.8 Å². The molecule has 5 rings (SSSR count). The largest absolute Gasteiger partial charge is 0.416 e. The average molecular weight is 521 g/mol. The summed E-state index contributed by atoms with van der Waals surface area (Å²) in [5.74, 6) is 0.565. The monoisotopic (exact) mass is 520 g/mol. The van der Waals surface area contributed by atoms with Gasteiger partial charge in [0.2, 0.25) is 0 Å². The van der Waals surface area contributed by atoms with E-state index in [2.05, 4.69) is 20.6 Å². The summed E-state index contributed by atoms with van der Waals surface area (Å²) in [6.07, 6.45) is 5.35. The van der Waals surface area contributed by atoms with Crippen LogP contribution in [0.1, 0.15) is 53.3 Å². The molecule has 1 aliphatic rings. The second-order valence-electron chi connectivity index (χ2n) is 9.11. The predicted octanol–water partition coefficient (Wildman–Crippen LogP) is 4.74. The minimum absolute atomic E-state index is 0.165. The van der Waals surface area contributed by atoms with Crippen molar-refractivity contribution in [2.75, 3.05) is 11.1 Å². The molecule has 1 fully saturated rings. The van der Waals surface area contributed by atoms with Gasteiger partial charge in [0, 0.05) is 41.7 Å². The number of fused-ring (bicyclic) bond motifs is 1. The van der Waals surface area contributed by atoms with Crippen LogP contribution in [0.2, 0.25) is 0 Å². The molecule has 0 saturated heterocycles. The molecule has 4 N–H and O–H groups in total. The molecule has 3 aromatic heterocycles. The first-order valence-corrected chi connectivity index (χ1v) is 12.0. The van der Waals surface area contributed by atoms with Crippen molar-refractivity contribution in [3.8, 4) is 17.5 Å². The van der Waals surface area contributed by atoms with Crippen molar-refractivity contribution >= 4 is 23.1 Å². The topological polar surface area (TPSA) is 134 Å². The van der Waals surface area contributed by atoms with E-state index in [-0.39, 0.29) is 23.3 Å². The predicted molar refractivity (Wildman–Crippen MR) is 134 cm³/mol. The summed E-state index contributed by atoms with van der Waals surface area (Å²) in [6, 6.07) is 8.33. The smallest absolute Gasteiger partial charge is 0.382 e. The summed E-state index contributed by atoms with van der Waals surface area (Å²) in [4.78, 5) is 25.6. The second-order valence-corrected chi connectivity index (χ2v) is 9.11. The van der Waals surface area contributed by atoms with Crippen LogP contribution < -0.4 is 16.4 Å². The number of anilines is 2. The quantitative estimate of drug-likeness (QED) is 0.256. The highest BCUT2D eigenvalue weighted by Crippen LogP contribution is 2.37. The molecule has 4 aromatic rings. The Bertz CT molecular complexity index is 1520. The highest BCUT2D eigenvalue weighted by molar-refractivity contribution is 6.04. The van der Waals surface area contributed by atoms with Gasteiger partial charge in [0.15, 0.2) is 6.19 Å². The molecule has 1 amide bonds. The zero-order valence-corrected chi connectivity index (χ0v) is 20.0. The number of hydrogen-bond donors (Lipinski definition) is 3. The third-order valence-electron chi connectivity index (χ3n) is 6.72. The van der Waals surface area contributed by atoms with Crippen molar-refractivity contribution in [3.63, 3.8) is 0 Å². The van der Waals surface area contributed by atoms with Crippen LogP contribution in [0, 0.1) is 11.5 Å². The third kappa shape index (κ3) is 4.95. The molecule has 9 nitrogen and oxygen atoms in total. The lowest BCUT2D eigenvalue weighted by Gasteiger charge is -2.26. The number of carbonyl (C=O) groups excluding carboxylic acids is 1. The van der Waals surface area contributed by atoms with Crippen LogP contribution in [-0.4, -0.2) is 31.3 Å². The van der Waals surface area contributed by atoms with Crippen LogP contribution in [0.3, 0.4) is 0 Å². The van der Waals surface area contributed by atoms with E-state index < -0.39 is 17.6 Å². The molecule has 0 atom stereocenters. The van der Waals surface area contributed by atoms with Gasteiger partial charge in [-0.3, -0.25) is 9.20 Å². The summed E-state index contributed by atoms with van der Waals surface area (Å²) >= 11 is 0. The van der Waals surface area contributed by atoms with Gasteiger partial charge in [0.05, 0.1) is 5.56 Å². The SMILES string of the molecule is N#CNC1CCC(c2nc(-c3ccc(C(=O)Nc4cc(C(F)(F)F)ccn4)cc3)c3c(N)nccn23)CC1. The zero-order valence-electron chi connectivity index (χ0n) is 20.0. The van der Waals surface area contributed by atoms with E-state index in [4.69, 9.17) is 16.0 Å². The number of aromatic nitrogens is 4. The normalized spacial score (nSPS) is 17.6. The molecule has 0 radical (unpaired) electrons. The number of benzene rings is 1. The molecular formula is C26H23F3N8O. The van der Waals surface area contributed by atoms with Gasteiger partial charge in [0.25, 0.3) is 5.91 Å². The molecule has 1 aromatic carbocycles. The van der Waals surface area contributed by atoms with Gasteiger partial charge in [-0.15, -0.1) is 0 Å². The molecule has 0 aliphatic heterocycles. The van der Waals surface area contributed by atoms with Crippen LogP contribution in [0.4, 0.5) is 24.8 Å².